The molecule has 0 aliphatic rings. The van der Waals surface area contributed by atoms with Gasteiger partial charge in [0.25, 0.3) is 0 Å². The summed E-state index contributed by atoms with van der Waals surface area (Å²) in [5, 5.41) is 3.59. The molecular formula is C21H23F9S2. The molecule has 0 N–H and O–H groups in total. The van der Waals surface area contributed by atoms with E-state index in [-0.39, 0.29) is 6.42 Å². The molecule has 2 rings (SSSR count). The average molecular weight is 511 g/mol. The zero-order valence-electron chi connectivity index (χ0n) is 17.2. The van der Waals surface area contributed by atoms with E-state index < -0.39 is 36.8 Å². The van der Waals surface area contributed by atoms with Crippen LogP contribution in [0, 0.1) is 0 Å². The van der Waals surface area contributed by atoms with E-state index in [9.17, 15) is 39.5 Å². The van der Waals surface area contributed by atoms with E-state index in [0.29, 0.717) is 5.56 Å². The van der Waals surface area contributed by atoms with Crippen LogP contribution in [0.5, 0.6) is 0 Å². The first-order chi connectivity index (χ1) is 14.7. The van der Waals surface area contributed by atoms with Crippen LogP contribution in [0.4, 0.5) is 39.5 Å². The van der Waals surface area contributed by atoms with Crippen molar-refractivity contribution >= 4 is 22.7 Å². The Balaban J connectivity index is 1.99. The second-order valence-corrected chi connectivity index (χ2v) is 9.44. The quantitative estimate of drug-likeness (QED) is 0.197. The molecule has 0 atom stereocenters. The van der Waals surface area contributed by atoms with Crippen LogP contribution < -0.4 is 0 Å². The van der Waals surface area contributed by atoms with Crippen LogP contribution >= 0.6 is 22.7 Å². The Morgan fingerprint density at radius 3 is 2.09 bits per heavy atom. The molecule has 0 fully saturated rings. The summed E-state index contributed by atoms with van der Waals surface area (Å²) in [6.07, 6.45) is -4.10. The molecule has 0 aromatic carbocycles. The second kappa shape index (κ2) is 10.4. The fraction of sp³-hybridized carbons (Fsp3) is 0.619. The van der Waals surface area contributed by atoms with Gasteiger partial charge in [0, 0.05) is 16.2 Å². The van der Waals surface area contributed by atoms with E-state index in [1.165, 1.54) is 22.7 Å². The third kappa shape index (κ3) is 5.81. The first kappa shape index (κ1) is 27.0. The van der Waals surface area contributed by atoms with Crippen LogP contribution in [-0.2, 0) is 12.8 Å². The number of hydrogen-bond donors (Lipinski definition) is 0. The van der Waals surface area contributed by atoms with Crippen molar-refractivity contribution in [2.24, 2.45) is 0 Å². The smallest absolute Gasteiger partial charge is 0.200 e. The molecule has 11 heteroatoms. The molecule has 0 saturated heterocycles. The van der Waals surface area contributed by atoms with Crippen LogP contribution in [0.25, 0.3) is 9.75 Å². The van der Waals surface area contributed by atoms with Gasteiger partial charge in [0.15, 0.2) is 0 Å². The number of unbranched alkanes of at least 4 members (excludes halogenated alkanes) is 3. The Labute approximate surface area is 188 Å². The van der Waals surface area contributed by atoms with Crippen molar-refractivity contribution in [1.29, 1.82) is 0 Å². The van der Waals surface area contributed by atoms with Gasteiger partial charge in [-0.05, 0) is 59.7 Å². The molecule has 0 aliphatic heterocycles. The van der Waals surface area contributed by atoms with Crippen LogP contribution in [0.1, 0.15) is 56.6 Å². The molecular weight excluding hydrogens is 487 g/mol. The lowest BCUT2D eigenvalue weighted by Crippen LogP contribution is -2.60. The molecule has 32 heavy (non-hydrogen) atoms. The lowest BCUT2D eigenvalue weighted by molar-refractivity contribution is -0.396. The summed E-state index contributed by atoms with van der Waals surface area (Å²) in [4.78, 5) is 1.90. The van der Waals surface area contributed by atoms with Gasteiger partial charge in [-0.25, -0.2) is 0 Å². The Hall–Kier alpha value is -1.23. The van der Waals surface area contributed by atoms with E-state index in [0.717, 1.165) is 47.4 Å². The zero-order chi connectivity index (χ0) is 24.2. The average Bonchev–Trinajstić information content (AvgIpc) is 3.33. The van der Waals surface area contributed by atoms with Gasteiger partial charge in [0.1, 0.15) is 0 Å². The number of thiophene rings is 2. The first-order valence-corrected chi connectivity index (χ1v) is 11.8. The standard InChI is InChI=1S/C21H23F9S2/c1-2-3-4-5-8-15-9-11-31-17(15)16-12-14(13-32-16)7-6-10-18(22,23)19(24,25)20(26,27)21(28,29)30/h9,11-13H,2-8,10H2,1H3. The lowest BCUT2D eigenvalue weighted by atomic mass is 9.98. The van der Waals surface area contributed by atoms with E-state index >= 15 is 0 Å². The molecule has 0 amide bonds. The Kier molecular flexibility index (Phi) is 8.75. The minimum Gasteiger partial charge on any atom is -0.200 e. The summed E-state index contributed by atoms with van der Waals surface area (Å²) in [5.41, 5.74) is 1.69. The van der Waals surface area contributed by atoms with Crippen molar-refractivity contribution in [1.82, 2.24) is 0 Å². The highest BCUT2D eigenvalue weighted by Gasteiger charge is 2.81. The molecule has 2 heterocycles. The summed E-state index contributed by atoms with van der Waals surface area (Å²) in [6, 6.07) is 3.72. The molecule has 0 saturated carbocycles. The van der Waals surface area contributed by atoms with E-state index in [1.807, 2.05) is 11.4 Å². The molecule has 182 valence electrons. The van der Waals surface area contributed by atoms with E-state index in [4.69, 9.17) is 0 Å². The fourth-order valence-corrected chi connectivity index (χ4v) is 5.27. The lowest BCUT2D eigenvalue weighted by Gasteiger charge is -2.33. The predicted octanol–water partition coefficient (Wildman–Crippen LogP) is 9.39. The molecule has 0 unspecified atom stereocenters. The Bertz CT molecular complexity index is 850. The highest BCUT2D eigenvalue weighted by molar-refractivity contribution is 7.20. The summed E-state index contributed by atoms with van der Waals surface area (Å²) in [5.74, 6) is -18.9. The molecule has 0 aliphatic carbocycles. The molecule has 0 bridgehead atoms. The number of hydrogen-bond acceptors (Lipinski definition) is 2. The SMILES string of the molecule is CCCCCCc1ccsc1-c1cc(CCCC(F)(F)C(F)(F)C(F)(F)C(F)(F)F)cs1. The Morgan fingerprint density at radius 2 is 1.47 bits per heavy atom. The minimum absolute atomic E-state index is 0.142. The second-order valence-electron chi connectivity index (χ2n) is 7.61. The maximum absolute atomic E-state index is 13.7. The van der Waals surface area contributed by atoms with Gasteiger partial charge >= 0.3 is 23.9 Å². The van der Waals surface area contributed by atoms with Gasteiger partial charge in [-0.1, -0.05) is 26.2 Å². The van der Waals surface area contributed by atoms with Gasteiger partial charge in [-0.2, -0.15) is 39.5 Å². The van der Waals surface area contributed by atoms with Crippen LogP contribution in [0.3, 0.4) is 0 Å². The maximum Gasteiger partial charge on any atom is 0.460 e. The van der Waals surface area contributed by atoms with E-state index in [1.54, 1.807) is 11.4 Å². The largest absolute Gasteiger partial charge is 0.460 e. The number of halogens is 9. The Morgan fingerprint density at radius 1 is 0.781 bits per heavy atom. The van der Waals surface area contributed by atoms with Crippen molar-refractivity contribution in [3.05, 3.63) is 34.0 Å². The number of alkyl halides is 9. The molecule has 0 radical (unpaired) electrons. The van der Waals surface area contributed by atoms with Gasteiger partial charge in [-0.15, -0.1) is 22.7 Å². The van der Waals surface area contributed by atoms with Gasteiger partial charge < -0.3 is 0 Å². The monoisotopic (exact) mass is 510 g/mol. The van der Waals surface area contributed by atoms with Crippen molar-refractivity contribution < 1.29 is 39.5 Å². The molecule has 2 aromatic heterocycles. The third-order valence-electron chi connectivity index (χ3n) is 5.09. The van der Waals surface area contributed by atoms with Gasteiger partial charge in [0.2, 0.25) is 0 Å². The van der Waals surface area contributed by atoms with Crippen LogP contribution in [0.2, 0.25) is 0 Å². The van der Waals surface area contributed by atoms with Gasteiger partial charge in [-0.3, -0.25) is 0 Å². The van der Waals surface area contributed by atoms with E-state index in [2.05, 4.69) is 6.92 Å². The minimum atomic E-state index is -6.83. The summed E-state index contributed by atoms with van der Waals surface area (Å²) in [6.45, 7) is 2.11. The highest BCUT2D eigenvalue weighted by Crippen LogP contribution is 2.54. The van der Waals surface area contributed by atoms with Gasteiger partial charge in [0.05, 0.1) is 0 Å². The van der Waals surface area contributed by atoms with Crippen molar-refractivity contribution in [2.75, 3.05) is 0 Å². The number of rotatable bonds is 12. The first-order valence-electron chi connectivity index (χ1n) is 10.1. The summed E-state index contributed by atoms with van der Waals surface area (Å²) in [7, 11) is 0. The number of aryl methyl sites for hydroxylation is 2. The fourth-order valence-electron chi connectivity index (χ4n) is 3.20. The maximum atomic E-state index is 13.7. The van der Waals surface area contributed by atoms with Crippen molar-refractivity contribution in [3.8, 4) is 9.75 Å². The van der Waals surface area contributed by atoms with Crippen molar-refractivity contribution in [3.63, 3.8) is 0 Å². The summed E-state index contributed by atoms with van der Waals surface area (Å²) < 4.78 is 116. The third-order valence-corrected chi connectivity index (χ3v) is 7.21. The highest BCUT2D eigenvalue weighted by atomic mass is 32.1. The molecule has 2 aromatic rings. The predicted molar refractivity (Wildman–Crippen MR) is 109 cm³/mol. The normalized spacial score (nSPS) is 13.7. The zero-order valence-corrected chi connectivity index (χ0v) is 18.8. The molecule has 0 nitrogen and oxygen atoms in total. The summed E-state index contributed by atoms with van der Waals surface area (Å²) >= 11 is 2.86. The van der Waals surface area contributed by atoms with Crippen LogP contribution in [-0.4, -0.2) is 23.9 Å². The topological polar surface area (TPSA) is 0 Å². The van der Waals surface area contributed by atoms with Crippen molar-refractivity contribution in [2.45, 2.75) is 82.2 Å². The van der Waals surface area contributed by atoms with Crippen LogP contribution in [0.15, 0.2) is 22.9 Å². The molecule has 0 spiro atoms.